The zero-order valence-electron chi connectivity index (χ0n) is 15.7. The van der Waals surface area contributed by atoms with Gasteiger partial charge in [0.1, 0.15) is 11.4 Å². The number of pyridine rings is 1. The molecule has 8 nitrogen and oxygen atoms in total. The molecule has 1 heterocycles. The molecule has 1 aromatic rings. The van der Waals surface area contributed by atoms with Crippen LogP contribution in [0.2, 0.25) is 5.02 Å². The third kappa shape index (κ3) is 7.05. The molecule has 2 unspecified atom stereocenters. The van der Waals surface area contributed by atoms with Gasteiger partial charge in [-0.25, -0.2) is 9.78 Å². The molecule has 1 fully saturated rings. The van der Waals surface area contributed by atoms with Crippen LogP contribution in [0, 0.1) is 0 Å². The number of aromatic nitrogens is 1. The van der Waals surface area contributed by atoms with Crippen LogP contribution in [-0.4, -0.2) is 40.6 Å². The van der Waals surface area contributed by atoms with Crippen molar-refractivity contribution >= 4 is 35.3 Å². The van der Waals surface area contributed by atoms with Crippen molar-refractivity contribution in [2.24, 2.45) is 0 Å². The average molecular weight is 397 g/mol. The number of amides is 3. The van der Waals surface area contributed by atoms with E-state index in [1.54, 1.807) is 26.8 Å². The van der Waals surface area contributed by atoms with Gasteiger partial charge in [0.15, 0.2) is 0 Å². The van der Waals surface area contributed by atoms with Crippen LogP contribution in [0.15, 0.2) is 18.3 Å². The summed E-state index contributed by atoms with van der Waals surface area (Å²) in [7, 11) is 0. The van der Waals surface area contributed by atoms with Crippen LogP contribution in [0.4, 0.5) is 10.6 Å². The summed E-state index contributed by atoms with van der Waals surface area (Å²) in [4.78, 5) is 40.2. The van der Waals surface area contributed by atoms with Crippen molar-refractivity contribution < 1.29 is 19.1 Å². The zero-order valence-corrected chi connectivity index (χ0v) is 16.4. The van der Waals surface area contributed by atoms with Gasteiger partial charge < -0.3 is 20.7 Å². The number of hydrogen-bond donors (Lipinski definition) is 3. The molecule has 1 saturated carbocycles. The Morgan fingerprint density at radius 2 is 1.70 bits per heavy atom. The Morgan fingerprint density at radius 3 is 2.26 bits per heavy atom. The van der Waals surface area contributed by atoms with E-state index in [2.05, 4.69) is 20.9 Å². The molecule has 3 N–H and O–H groups in total. The van der Waals surface area contributed by atoms with Crippen molar-refractivity contribution in [3.8, 4) is 0 Å². The molecule has 9 heteroatoms. The maximum Gasteiger partial charge on any atom is 0.407 e. The maximum atomic E-state index is 12.2. The summed E-state index contributed by atoms with van der Waals surface area (Å²) in [5.74, 6) is -1.38. The highest BCUT2D eigenvalue weighted by Crippen LogP contribution is 2.19. The Morgan fingerprint density at radius 1 is 1.07 bits per heavy atom. The largest absolute Gasteiger partial charge is 0.444 e. The Labute approximate surface area is 163 Å². The first-order valence-electron chi connectivity index (χ1n) is 8.87. The van der Waals surface area contributed by atoms with Crippen molar-refractivity contribution in [2.75, 3.05) is 5.32 Å². The van der Waals surface area contributed by atoms with E-state index >= 15 is 0 Å². The summed E-state index contributed by atoms with van der Waals surface area (Å²) < 4.78 is 5.27. The van der Waals surface area contributed by atoms with Gasteiger partial charge in [0.2, 0.25) is 0 Å². The number of alkyl carbamates (subject to hydrolysis) is 1. The second kappa shape index (κ2) is 9.03. The van der Waals surface area contributed by atoms with E-state index in [9.17, 15) is 14.4 Å². The lowest BCUT2D eigenvalue weighted by molar-refractivity contribution is -0.136. The number of hydrogen-bond acceptors (Lipinski definition) is 5. The number of rotatable bonds is 3. The predicted molar refractivity (Wildman–Crippen MR) is 101 cm³/mol. The van der Waals surface area contributed by atoms with Gasteiger partial charge >= 0.3 is 17.9 Å². The third-order valence-electron chi connectivity index (χ3n) is 3.96. The molecule has 0 radical (unpaired) electrons. The van der Waals surface area contributed by atoms with Crippen molar-refractivity contribution in [3.63, 3.8) is 0 Å². The van der Waals surface area contributed by atoms with Crippen molar-refractivity contribution in [1.29, 1.82) is 0 Å². The zero-order chi connectivity index (χ0) is 20.0. The number of carbonyl (C=O) groups is 3. The number of anilines is 1. The molecule has 2 rings (SSSR count). The Balaban J connectivity index is 1.91. The first kappa shape index (κ1) is 21.0. The summed E-state index contributed by atoms with van der Waals surface area (Å²) in [6, 6.07) is 2.42. The van der Waals surface area contributed by atoms with E-state index in [-0.39, 0.29) is 17.9 Å². The van der Waals surface area contributed by atoms with Crippen LogP contribution in [-0.2, 0) is 14.3 Å². The molecule has 2 atom stereocenters. The summed E-state index contributed by atoms with van der Waals surface area (Å²) in [6.07, 6.45) is 4.02. The molecule has 1 aliphatic carbocycles. The molecule has 1 aromatic heterocycles. The van der Waals surface area contributed by atoms with Gasteiger partial charge in [-0.15, -0.1) is 0 Å². The minimum absolute atomic E-state index is 0.228. The maximum absolute atomic E-state index is 12.2. The van der Waals surface area contributed by atoms with Gasteiger partial charge in [-0.1, -0.05) is 24.4 Å². The lowest BCUT2D eigenvalue weighted by Crippen LogP contribution is -2.55. The average Bonchev–Trinajstić information content (AvgIpc) is 2.57. The molecule has 0 aromatic carbocycles. The quantitative estimate of drug-likeness (QED) is 0.680. The SMILES string of the molecule is CC(C)(C)OC(=O)NC1CCCCC1NC(=O)C(=O)Nc1ccc(Cl)cn1. The van der Waals surface area contributed by atoms with Gasteiger partial charge in [-0.3, -0.25) is 9.59 Å². The number of carbonyl (C=O) groups excluding carboxylic acids is 3. The first-order valence-corrected chi connectivity index (χ1v) is 9.25. The molecule has 1 aliphatic rings. The van der Waals surface area contributed by atoms with Crippen LogP contribution in [0.5, 0.6) is 0 Å². The second-order valence-electron chi connectivity index (χ2n) is 7.43. The van der Waals surface area contributed by atoms with Crippen molar-refractivity contribution in [3.05, 3.63) is 23.4 Å². The number of ether oxygens (including phenoxy) is 1. The normalized spacial score (nSPS) is 19.7. The van der Waals surface area contributed by atoms with E-state index in [4.69, 9.17) is 16.3 Å². The summed E-state index contributed by atoms with van der Waals surface area (Å²) in [5.41, 5.74) is -0.608. The van der Waals surface area contributed by atoms with Crippen LogP contribution >= 0.6 is 11.6 Å². The molecule has 0 saturated heterocycles. The predicted octanol–water partition coefficient (Wildman–Crippen LogP) is 2.63. The van der Waals surface area contributed by atoms with E-state index in [1.165, 1.54) is 12.3 Å². The van der Waals surface area contributed by atoms with Gasteiger partial charge in [0, 0.05) is 12.2 Å². The summed E-state index contributed by atoms with van der Waals surface area (Å²) in [6.45, 7) is 5.34. The van der Waals surface area contributed by atoms with E-state index in [0.717, 1.165) is 12.8 Å². The van der Waals surface area contributed by atoms with E-state index in [0.29, 0.717) is 17.9 Å². The molecule has 0 aliphatic heterocycles. The Hall–Kier alpha value is -2.35. The second-order valence-corrected chi connectivity index (χ2v) is 7.87. The molecule has 148 valence electrons. The fourth-order valence-corrected chi connectivity index (χ4v) is 2.90. The molecular weight excluding hydrogens is 372 g/mol. The van der Waals surface area contributed by atoms with Crippen molar-refractivity contribution in [1.82, 2.24) is 15.6 Å². The fraction of sp³-hybridized carbons (Fsp3) is 0.556. The van der Waals surface area contributed by atoms with Crippen LogP contribution in [0.3, 0.4) is 0 Å². The summed E-state index contributed by atoms with van der Waals surface area (Å²) >= 11 is 5.74. The Kier molecular flexibility index (Phi) is 7.01. The Bertz CT molecular complexity index is 688. The first-order chi connectivity index (χ1) is 12.6. The van der Waals surface area contributed by atoms with Gasteiger partial charge in [-0.05, 0) is 45.7 Å². The van der Waals surface area contributed by atoms with E-state index in [1.807, 2.05) is 0 Å². The van der Waals surface area contributed by atoms with Crippen LogP contribution in [0.1, 0.15) is 46.5 Å². The van der Waals surface area contributed by atoms with Crippen LogP contribution in [0.25, 0.3) is 0 Å². The minimum Gasteiger partial charge on any atom is -0.444 e. The number of nitrogens with zero attached hydrogens (tertiary/aromatic N) is 1. The highest BCUT2D eigenvalue weighted by atomic mass is 35.5. The number of nitrogens with one attached hydrogen (secondary N) is 3. The lowest BCUT2D eigenvalue weighted by atomic mass is 9.90. The molecule has 27 heavy (non-hydrogen) atoms. The van der Waals surface area contributed by atoms with Gasteiger partial charge in [-0.2, -0.15) is 0 Å². The fourth-order valence-electron chi connectivity index (χ4n) is 2.79. The highest BCUT2D eigenvalue weighted by Gasteiger charge is 2.31. The smallest absolute Gasteiger partial charge is 0.407 e. The highest BCUT2D eigenvalue weighted by molar-refractivity contribution is 6.39. The summed E-state index contributed by atoms with van der Waals surface area (Å²) in [5, 5.41) is 8.32. The topological polar surface area (TPSA) is 109 Å². The lowest BCUT2D eigenvalue weighted by Gasteiger charge is -2.33. The van der Waals surface area contributed by atoms with Crippen LogP contribution < -0.4 is 16.0 Å². The van der Waals surface area contributed by atoms with Gasteiger partial charge in [0.25, 0.3) is 0 Å². The van der Waals surface area contributed by atoms with Crippen molar-refractivity contribution in [2.45, 2.75) is 64.1 Å². The number of halogens is 1. The van der Waals surface area contributed by atoms with Gasteiger partial charge in [0.05, 0.1) is 11.1 Å². The standard InChI is InChI=1S/C18H25ClN4O4/c1-18(2,3)27-17(26)22-13-7-5-4-6-12(13)21-15(24)16(25)23-14-9-8-11(19)10-20-14/h8-10,12-13H,4-7H2,1-3H3,(H,21,24)(H,22,26)(H,20,23,25). The molecule has 3 amide bonds. The molecule has 0 bridgehead atoms. The third-order valence-corrected chi connectivity index (χ3v) is 4.18. The van der Waals surface area contributed by atoms with E-state index < -0.39 is 23.5 Å². The molecular formula is C18H25ClN4O4. The molecule has 0 spiro atoms. The monoisotopic (exact) mass is 396 g/mol. The minimum atomic E-state index is -0.827.